The van der Waals surface area contributed by atoms with Gasteiger partial charge < -0.3 is 10.1 Å². The van der Waals surface area contributed by atoms with Gasteiger partial charge in [0.2, 0.25) is 0 Å². The van der Waals surface area contributed by atoms with Crippen molar-refractivity contribution >= 4 is 16.7 Å². The summed E-state index contributed by atoms with van der Waals surface area (Å²) in [7, 11) is 1.69. The minimum atomic E-state index is 0.277. The van der Waals surface area contributed by atoms with E-state index in [1.165, 1.54) is 10.9 Å². The molecule has 1 N–H and O–H groups in total. The third-order valence-electron chi connectivity index (χ3n) is 4.11. The highest BCUT2D eigenvalue weighted by molar-refractivity contribution is 5.90. The Morgan fingerprint density at radius 1 is 1.14 bits per heavy atom. The predicted molar refractivity (Wildman–Crippen MR) is 84.0 cm³/mol. The zero-order valence-electron chi connectivity index (χ0n) is 11.9. The lowest BCUT2D eigenvalue weighted by Gasteiger charge is -2.26. The number of ether oxygens (including phenoxy) is 1. The summed E-state index contributed by atoms with van der Waals surface area (Å²) in [6, 6.07) is 16.8. The smallest absolute Gasteiger partial charge is 0.132 e. The van der Waals surface area contributed by atoms with Crippen LogP contribution in [0.25, 0.3) is 10.9 Å². The molecule has 3 aromatic rings. The summed E-state index contributed by atoms with van der Waals surface area (Å²) in [5.74, 6) is 2.01. The molecule has 0 radical (unpaired) electrons. The maximum atomic E-state index is 5.24. The molecule has 106 valence electrons. The lowest BCUT2D eigenvalue weighted by Crippen LogP contribution is -2.24. The fourth-order valence-corrected chi connectivity index (χ4v) is 3.04. The topological polar surface area (TPSA) is 39.1 Å². The number of hydrogen-bond donors (Lipinski definition) is 1. The number of anilines is 1. The Bertz CT molecular complexity index is 776. The number of nitrogens with one attached hydrogen (secondary N) is 1. The van der Waals surface area contributed by atoms with E-state index < -0.39 is 0 Å². The van der Waals surface area contributed by atoms with E-state index in [0.717, 1.165) is 30.0 Å². The highest BCUT2D eigenvalue weighted by atomic mass is 16.5. The van der Waals surface area contributed by atoms with Crippen LogP contribution in [0, 0.1) is 0 Å². The van der Waals surface area contributed by atoms with E-state index >= 15 is 0 Å². The Balaban J connectivity index is 1.82. The molecule has 21 heavy (non-hydrogen) atoms. The molecule has 1 unspecified atom stereocenters. The SMILES string of the molecule is COc1ccc(C2CCNc3c4ccccc4nn32)cc1. The molecular formula is C17H17N3O. The lowest BCUT2D eigenvalue weighted by atomic mass is 10.0. The predicted octanol–water partition coefficient (Wildman–Crippen LogP) is 3.45. The second-order valence-corrected chi connectivity index (χ2v) is 5.31. The molecule has 0 amide bonds. The first-order valence-electron chi connectivity index (χ1n) is 7.22. The van der Waals surface area contributed by atoms with Gasteiger partial charge in [-0.2, -0.15) is 5.10 Å². The van der Waals surface area contributed by atoms with E-state index in [0.29, 0.717) is 0 Å². The molecule has 1 atom stereocenters. The van der Waals surface area contributed by atoms with Gasteiger partial charge in [0, 0.05) is 11.9 Å². The standard InChI is InChI=1S/C17H17N3O/c1-21-13-8-6-12(7-9-13)16-10-11-18-17-14-4-2-3-5-15(14)19-20(16)17/h2-9,16,18H,10-11H2,1H3. The quantitative estimate of drug-likeness (QED) is 0.781. The van der Waals surface area contributed by atoms with Gasteiger partial charge in [0.15, 0.2) is 0 Å². The monoisotopic (exact) mass is 279 g/mol. The van der Waals surface area contributed by atoms with E-state index in [-0.39, 0.29) is 6.04 Å². The third kappa shape index (κ3) is 1.95. The van der Waals surface area contributed by atoms with Gasteiger partial charge in [0.1, 0.15) is 11.6 Å². The fraction of sp³-hybridized carbons (Fsp3) is 0.235. The van der Waals surface area contributed by atoms with Crippen molar-refractivity contribution in [2.75, 3.05) is 19.0 Å². The Hall–Kier alpha value is -2.49. The van der Waals surface area contributed by atoms with Gasteiger partial charge in [0.05, 0.1) is 18.7 Å². The van der Waals surface area contributed by atoms with Gasteiger partial charge >= 0.3 is 0 Å². The molecule has 4 heteroatoms. The maximum absolute atomic E-state index is 5.24. The molecule has 4 nitrogen and oxygen atoms in total. The first-order valence-corrected chi connectivity index (χ1v) is 7.22. The van der Waals surface area contributed by atoms with Crippen LogP contribution in [0.2, 0.25) is 0 Å². The molecule has 1 aliphatic heterocycles. The summed E-state index contributed by atoms with van der Waals surface area (Å²) in [5.41, 5.74) is 2.31. The Kier molecular flexibility index (Phi) is 2.81. The minimum absolute atomic E-state index is 0.277. The summed E-state index contributed by atoms with van der Waals surface area (Å²) in [4.78, 5) is 0. The average molecular weight is 279 g/mol. The Morgan fingerprint density at radius 2 is 1.95 bits per heavy atom. The van der Waals surface area contributed by atoms with Gasteiger partial charge in [-0.1, -0.05) is 24.3 Å². The fourth-order valence-electron chi connectivity index (χ4n) is 3.04. The molecular weight excluding hydrogens is 262 g/mol. The molecule has 0 bridgehead atoms. The van der Waals surface area contributed by atoms with Crippen LogP contribution in [0.15, 0.2) is 48.5 Å². The summed E-state index contributed by atoms with van der Waals surface area (Å²) in [6.07, 6.45) is 1.04. The third-order valence-corrected chi connectivity index (χ3v) is 4.11. The van der Waals surface area contributed by atoms with Crippen LogP contribution in [-0.2, 0) is 0 Å². The number of rotatable bonds is 2. The van der Waals surface area contributed by atoms with Crippen molar-refractivity contribution in [3.63, 3.8) is 0 Å². The van der Waals surface area contributed by atoms with Crippen LogP contribution < -0.4 is 10.1 Å². The molecule has 0 aliphatic carbocycles. The number of methoxy groups -OCH3 is 1. The van der Waals surface area contributed by atoms with Gasteiger partial charge in [-0.05, 0) is 36.2 Å². The van der Waals surface area contributed by atoms with Crippen LogP contribution in [0.3, 0.4) is 0 Å². The van der Waals surface area contributed by atoms with Crippen molar-refractivity contribution in [1.82, 2.24) is 9.78 Å². The van der Waals surface area contributed by atoms with E-state index in [2.05, 4.69) is 40.3 Å². The van der Waals surface area contributed by atoms with Crippen molar-refractivity contribution < 1.29 is 4.74 Å². The number of aromatic nitrogens is 2. The van der Waals surface area contributed by atoms with Crippen molar-refractivity contribution in [3.8, 4) is 5.75 Å². The highest BCUT2D eigenvalue weighted by Crippen LogP contribution is 2.34. The van der Waals surface area contributed by atoms with E-state index in [9.17, 15) is 0 Å². The summed E-state index contributed by atoms with van der Waals surface area (Å²) in [5, 5.41) is 9.45. The average Bonchev–Trinajstić information content (AvgIpc) is 2.94. The molecule has 1 aliphatic rings. The summed E-state index contributed by atoms with van der Waals surface area (Å²) in [6.45, 7) is 0.965. The van der Waals surface area contributed by atoms with Gasteiger partial charge in [0.25, 0.3) is 0 Å². The van der Waals surface area contributed by atoms with Crippen molar-refractivity contribution in [2.45, 2.75) is 12.5 Å². The number of fused-ring (bicyclic) bond motifs is 3. The maximum Gasteiger partial charge on any atom is 0.132 e. The van der Waals surface area contributed by atoms with Crippen molar-refractivity contribution in [1.29, 1.82) is 0 Å². The molecule has 0 saturated carbocycles. The molecule has 4 rings (SSSR count). The Morgan fingerprint density at radius 3 is 2.76 bits per heavy atom. The zero-order valence-corrected chi connectivity index (χ0v) is 11.9. The lowest BCUT2D eigenvalue weighted by molar-refractivity contribution is 0.414. The second-order valence-electron chi connectivity index (χ2n) is 5.31. The normalized spacial score (nSPS) is 17.3. The second kappa shape index (κ2) is 4.81. The highest BCUT2D eigenvalue weighted by Gasteiger charge is 2.24. The largest absolute Gasteiger partial charge is 0.497 e. The van der Waals surface area contributed by atoms with Crippen LogP contribution >= 0.6 is 0 Å². The molecule has 2 heterocycles. The first kappa shape index (κ1) is 12.3. The van der Waals surface area contributed by atoms with E-state index in [1.54, 1.807) is 7.11 Å². The van der Waals surface area contributed by atoms with E-state index in [1.807, 2.05) is 18.2 Å². The Labute approximate surface area is 123 Å². The number of hydrogen-bond acceptors (Lipinski definition) is 3. The van der Waals surface area contributed by atoms with Gasteiger partial charge in [-0.25, -0.2) is 4.68 Å². The molecule has 1 aromatic heterocycles. The number of nitrogens with zero attached hydrogens (tertiary/aromatic N) is 2. The molecule has 0 fully saturated rings. The van der Waals surface area contributed by atoms with Crippen LogP contribution in [-0.4, -0.2) is 23.4 Å². The summed E-state index contributed by atoms with van der Waals surface area (Å²) < 4.78 is 7.36. The van der Waals surface area contributed by atoms with Gasteiger partial charge in [-0.15, -0.1) is 0 Å². The van der Waals surface area contributed by atoms with Crippen molar-refractivity contribution in [3.05, 3.63) is 54.1 Å². The van der Waals surface area contributed by atoms with Crippen LogP contribution in [0.4, 0.5) is 5.82 Å². The summed E-state index contributed by atoms with van der Waals surface area (Å²) >= 11 is 0. The van der Waals surface area contributed by atoms with Crippen LogP contribution in [0.5, 0.6) is 5.75 Å². The number of benzene rings is 2. The minimum Gasteiger partial charge on any atom is -0.497 e. The van der Waals surface area contributed by atoms with E-state index in [4.69, 9.17) is 9.84 Å². The molecule has 0 saturated heterocycles. The van der Waals surface area contributed by atoms with Crippen LogP contribution in [0.1, 0.15) is 18.0 Å². The van der Waals surface area contributed by atoms with Gasteiger partial charge in [-0.3, -0.25) is 0 Å². The van der Waals surface area contributed by atoms with Crippen molar-refractivity contribution in [2.24, 2.45) is 0 Å². The zero-order chi connectivity index (χ0) is 14.2. The molecule has 2 aromatic carbocycles. The first-order chi connectivity index (χ1) is 10.4. The molecule has 0 spiro atoms.